The number of para-hydroxylation sites is 2. The Bertz CT molecular complexity index is 714. The highest BCUT2D eigenvalue weighted by Gasteiger charge is 2.26. The Balaban J connectivity index is 2.19. The Morgan fingerprint density at radius 2 is 1.62 bits per heavy atom. The zero-order valence-corrected chi connectivity index (χ0v) is 12.0. The van der Waals surface area contributed by atoms with E-state index >= 15 is 0 Å². The van der Waals surface area contributed by atoms with Crippen LogP contribution in [-0.4, -0.2) is 0 Å². The van der Waals surface area contributed by atoms with Crippen molar-refractivity contribution in [3.63, 3.8) is 0 Å². The van der Waals surface area contributed by atoms with Crippen LogP contribution in [0.2, 0.25) is 0 Å². The van der Waals surface area contributed by atoms with E-state index in [-0.39, 0.29) is 5.92 Å². The molecule has 102 valence electrons. The molecule has 0 bridgehead atoms. The molecule has 1 aliphatic rings. The first-order valence-corrected chi connectivity index (χ1v) is 7.09. The molecule has 2 aromatic rings. The molecule has 0 fully saturated rings. The predicted molar refractivity (Wildman–Crippen MR) is 89.7 cm³/mol. The van der Waals surface area contributed by atoms with Crippen molar-refractivity contribution < 1.29 is 0 Å². The molecule has 0 amide bonds. The molecule has 0 aromatic heterocycles. The van der Waals surface area contributed by atoms with E-state index in [0.717, 1.165) is 11.4 Å². The number of fused-ring (bicyclic) bond motifs is 2. The quantitative estimate of drug-likeness (QED) is 0.598. The van der Waals surface area contributed by atoms with E-state index in [1.54, 1.807) is 6.08 Å². The van der Waals surface area contributed by atoms with Gasteiger partial charge in [0.2, 0.25) is 0 Å². The first-order valence-electron chi connectivity index (χ1n) is 7.09. The molecular weight excluding hydrogens is 254 g/mol. The second kappa shape index (κ2) is 5.73. The van der Waals surface area contributed by atoms with Crippen LogP contribution < -0.4 is 5.32 Å². The van der Waals surface area contributed by atoms with Gasteiger partial charge in [0, 0.05) is 17.3 Å². The molecule has 0 atom stereocenters. The van der Waals surface area contributed by atoms with E-state index in [9.17, 15) is 0 Å². The number of hydrogen-bond acceptors (Lipinski definition) is 1. The van der Waals surface area contributed by atoms with Gasteiger partial charge in [-0.05, 0) is 41.8 Å². The number of benzene rings is 2. The van der Waals surface area contributed by atoms with Crippen molar-refractivity contribution in [1.82, 2.24) is 0 Å². The van der Waals surface area contributed by atoms with Crippen LogP contribution in [0.25, 0.3) is 0 Å². The Kier molecular flexibility index (Phi) is 3.62. The number of anilines is 2. The van der Waals surface area contributed by atoms with Crippen LogP contribution in [0.3, 0.4) is 0 Å². The van der Waals surface area contributed by atoms with Gasteiger partial charge in [-0.15, -0.1) is 6.42 Å². The van der Waals surface area contributed by atoms with Crippen molar-refractivity contribution in [3.8, 4) is 12.3 Å². The van der Waals surface area contributed by atoms with Crippen LogP contribution in [0.1, 0.15) is 24.0 Å². The Hall–Kier alpha value is -2.72. The number of allylic oxidation sites excluding steroid dienone is 4. The molecule has 1 heteroatoms. The summed E-state index contributed by atoms with van der Waals surface area (Å²) in [6.45, 7) is 2.06. The second-order valence-corrected chi connectivity index (χ2v) is 5.02. The summed E-state index contributed by atoms with van der Waals surface area (Å²) in [5.74, 6) is 2.80. The Labute approximate surface area is 126 Å². The van der Waals surface area contributed by atoms with Crippen molar-refractivity contribution in [2.45, 2.75) is 12.8 Å². The number of nitrogens with one attached hydrogen (secondary N) is 1. The molecule has 2 aromatic carbocycles. The fraction of sp³-hybridized carbons (Fsp3) is 0.100. The van der Waals surface area contributed by atoms with E-state index in [2.05, 4.69) is 72.8 Å². The minimum Gasteiger partial charge on any atom is -0.355 e. The number of hydrogen-bond donors (Lipinski definition) is 1. The molecule has 0 aliphatic carbocycles. The lowest BCUT2D eigenvalue weighted by Gasteiger charge is -2.30. The highest BCUT2D eigenvalue weighted by molar-refractivity contribution is 5.75. The van der Waals surface area contributed by atoms with Crippen LogP contribution in [0, 0.1) is 12.3 Å². The topological polar surface area (TPSA) is 12.0 Å². The summed E-state index contributed by atoms with van der Waals surface area (Å²) in [6, 6.07) is 16.9. The van der Waals surface area contributed by atoms with Gasteiger partial charge >= 0.3 is 0 Å². The van der Waals surface area contributed by atoms with Gasteiger partial charge in [0.25, 0.3) is 0 Å². The van der Waals surface area contributed by atoms with Crippen LogP contribution in [0.15, 0.2) is 72.3 Å². The van der Waals surface area contributed by atoms with Crippen molar-refractivity contribution >= 4 is 11.4 Å². The van der Waals surface area contributed by atoms with Crippen LogP contribution in [0.5, 0.6) is 0 Å². The van der Waals surface area contributed by atoms with Crippen LogP contribution in [-0.2, 0) is 0 Å². The van der Waals surface area contributed by atoms with Gasteiger partial charge < -0.3 is 5.32 Å². The fourth-order valence-corrected chi connectivity index (χ4v) is 2.90. The molecule has 1 nitrogen and oxygen atoms in total. The summed E-state index contributed by atoms with van der Waals surface area (Å²) < 4.78 is 0. The minimum atomic E-state index is 0.216. The monoisotopic (exact) mass is 271 g/mol. The lowest BCUT2D eigenvalue weighted by molar-refractivity contribution is 0.961. The first kappa shape index (κ1) is 13.3. The Morgan fingerprint density at radius 3 is 2.14 bits per heavy atom. The zero-order chi connectivity index (χ0) is 14.7. The van der Waals surface area contributed by atoms with Gasteiger partial charge in [0.05, 0.1) is 0 Å². The van der Waals surface area contributed by atoms with E-state index in [1.165, 1.54) is 16.7 Å². The van der Waals surface area contributed by atoms with Gasteiger partial charge in [-0.2, -0.15) is 0 Å². The zero-order valence-electron chi connectivity index (χ0n) is 12.0. The standard InChI is InChI=1S/C20H17N/c1-3-5-10-15(4-2)20-16-11-6-8-13-18(16)21-19-14-9-7-12-17(19)20/h1,4-14,20-21H,2H3/b10-5-,15-4+. The maximum Gasteiger partial charge on any atom is 0.0426 e. The Morgan fingerprint density at radius 1 is 1.05 bits per heavy atom. The third-order valence-corrected chi connectivity index (χ3v) is 3.85. The predicted octanol–water partition coefficient (Wildman–Crippen LogP) is 5.01. The highest BCUT2D eigenvalue weighted by Crippen LogP contribution is 2.44. The SMILES string of the molecule is C#C/C=C\C(=C/C)C1c2ccccc2Nc2ccccc21. The van der Waals surface area contributed by atoms with Gasteiger partial charge in [-0.3, -0.25) is 0 Å². The van der Waals surface area contributed by atoms with Crippen molar-refractivity contribution in [2.75, 3.05) is 5.32 Å². The summed E-state index contributed by atoms with van der Waals surface area (Å²) in [5, 5.41) is 3.51. The molecule has 0 radical (unpaired) electrons. The molecule has 1 N–H and O–H groups in total. The van der Waals surface area contributed by atoms with Gasteiger partial charge in [0.1, 0.15) is 0 Å². The van der Waals surface area contributed by atoms with Gasteiger partial charge in [-0.1, -0.05) is 54.5 Å². The summed E-state index contributed by atoms with van der Waals surface area (Å²) >= 11 is 0. The largest absolute Gasteiger partial charge is 0.355 e. The number of rotatable bonds is 2. The van der Waals surface area contributed by atoms with Gasteiger partial charge in [-0.25, -0.2) is 0 Å². The fourth-order valence-electron chi connectivity index (χ4n) is 2.90. The normalized spacial score (nSPS) is 14.2. The minimum absolute atomic E-state index is 0.216. The smallest absolute Gasteiger partial charge is 0.0426 e. The average molecular weight is 271 g/mol. The molecule has 1 aliphatic heterocycles. The molecule has 3 rings (SSSR count). The van der Waals surface area contributed by atoms with Crippen LogP contribution in [0.4, 0.5) is 11.4 Å². The average Bonchev–Trinajstić information content (AvgIpc) is 2.54. The highest BCUT2D eigenvalue weighted by atomic mass is 14.9. The van der Waals surface area contributed by atoms with Crippen molar-refractivity contribution in [3.05, 3.63) is 83.5 Å². The molecule has 0 spiro atoms. The van der Waals surface area contributed by atoms with E-state index in [1.807, 2.05) is 6.08 Å². The van der Waals surface area contributed by atoms with Crippen molar-refractivity contribution in [2.24, 2.45) is 0 Å². The summed E-state index contributed by atoms with van der Waals surface area (Å²) in [5.41, 5.74) is 6.11. The summed E-state index contributed by atoms with van der Waals surface area (Å²) in [6.07, 6.45) is 11.3. The molecule has 0 saturated heterocycles. The summed E-state index contributed by atoms with van der Waals surface area (Å²) in [4.78, 5) is 0. The van der Waals surface area contributed by atoms with E-state index < -0.39 is 0 Å². The molecule has 21 heavy (non-hydrogen) atoms. The first-order chi connectivity index (χ1) is 10.3. The second-order valence-electron chi connectivity index (χ2n) is 5.02. The maximum atomic E-state index is 5.37. The number of terminal acetylenes is 1. The van der Waals surface area contributed by atoms with E-state index in [4.69, 9.17) is 6.42 Å². The van der Waals surface area contributed by atoms with Crippen molar-refractivity contribution in [1.29, 1.82) is 0 Å². The molecular formula is C20H17N. The lowest BCUT2D eigenvalue weighted by Crippen LogP contribution is -2.14. The molecule has 1 heterocycles. The lowest BCUT2D eigenvalue weighted by atomic mass is 9.80. The van der Waals surface area contributed by atoms with Gasteiger partial charge in [0.15, 0.2) is 0 Å². The third-order valence-electron chi connectivity index (χ3n) is 3.85. The maximum absolute atomic E-state index is 5.37. The summed E-state index contributed by atoms with van der Waals surface area (Å²) in [7, 11) is 0. The van der Waals surface area contributed by atoms with Crippen LogP contribution >= 0.6 is 0 Å². The molecule has 0 saturated carbocycles. The van der Waals surface area contributed by atoms with E-state index in [0.29, 0.717) is 0 Å². The molecule has 0 unspecified atom stereocenters. The third kappa shape index (κ3) is 2.37.